The molecule has 1 aliphatic rings. The summed E-state index contributed by atoms with van der Waals surface area (Å²) in [5.41, 5.74) is 1.73. The van der Waals surface area contributed by atoms with Crippen molar-refractivity contribution in [3.63, 3.8) is 0 Å². The van der Waals surface area contributed by atoms with Crippen LogP contribution in [0.1, 0.15) is 58.9 Å². The highest BCUT2D eigenvalue weighted by atomic mass is 35.5. The van der Waals surface area contributed by atoms with Crippen LogP contribution < -0.4 is 5.32 Å². The maximum atomic E-state index is 14.4. The molecule has 38 heavy (non-hydrogen) atoms. The topological polar surface area (TPSA) is 49.4 Å². The summed E-state index contributed by atoms with van der Waals surface area (Å²) >= 11 is 6.35. The van der Waals surface area contributed by atoms with Gasteiger partial charge in [0.15, 0.2) is 0 Å². The molecule has 3 aromatic rings. The van der Waals surface area contributed by atoms with E-state index in [9.17, 15) is 27.2 Å². The van der Waals surface area contributed by atoms with Gasteiger partial charge in [-0.1, -0.05) is 62.7 Å². The van der Waals surface area contributed by atoms with E-state index in [-0.39, 0.29) is 21.9 Å². The van der Waals surface area contributed by atoms with Crippen molar-refractivity contribution < 1.29 is 27.2 Å². The number of hydrogen-bond donors (Lipinski definition) is 1. The number of amides is 2. The summed E-state index contributed by atoms with van der Waals surface area (Å²) in [7, 11) is 0. The normalized spacial score (nSPS) is 13.7. The molecule has 200 valence electrons. The van der Waals surface area contributed by atoms with Crippen LogP contribution >= 0.6 is 11.6 Å². The number of benzene rings is 3. The fourth-order valence-electron chi connectivity index (χ4n) is 4.52. The molecule has 0 bridgehead atoms. The van der Waals surface area contributed by atoms with Gasteiger partial charge in [0.2, 0.25) is 5.91 Å². The summed E-state index contributed by atoms with van der Waals surface area (Å²) < 4.78 is 53.5. The molecule has 4 rings (SSSR count). The van der Waals surface area contributed by atoms with E-state index in [0.717, 1.165) is 28.8 Å². The van der Waals surface area contributed by atoms with Crippen LogP contribution in [0.25, 0.3) is 0 Å². The zero-order valence-corrected chi connectivity index (χ0v) is 21.9. The first kappa shape index (κ1) is 27.6. The zero-order valence-electron chi connectivity index (χ0n) is 21.2. The van der Waals surface area contributed by atoms with Gasteiger partial charge in [-0.25, -0.2) is 4.39 Å². The predicted molar refractivity (Wildman–Crippen MR) is 139 cm³/mol. The Hall–Kier alpha value is -3.39. The smallest absolute Gasteiger partial charge is 0.334 e. The van der Waals surface area contributed by atoms with Gasteiger partial charge >= 0.3 is 6.18 Å². The van der Waals surface area contributed by atoms with Crippen molar-refractivity contribution in [2.45, 2.75) is 51.7 Å². The molecule has 0 atom stereocenters. The fraction of sp³-hybridized carbons (Fsp3) is 0.310. The Labute approximate surface area is 223 Å². The summed E-state index contributed by atoms with van der Waals surface area (Å²) in [6, 6.07) is 13.7. The van der Waals surface area contributed by atoms with Crippen LogP contribution in [0, 0.1) is 5.82 Å². The maximum Gasteiger partial charge on any atom is 0.419 e. The second kappa shape index (κ2) is 10.4. The van der Waals surface area contributed by atoms with Gasteiger partial charge in [-0.2, -0.15) is 13.2 Å². The lowest BCUT2D eigenvalue weighted by molar-refractivity contribution is -0.140. The highest BCUT2D eigenvalue weighted by Crippen LogP contribution is 2.35. The second-order valence-corrected chi connectivity index (χ2v) is 10.8. The van der Waals surface area contributed by atoms with Crippen LogP contribution in [-0.4, -0.2) is 23.3 Å². The molecule has 1 heterocycles. The number of hydrogen-bond acceptors (Lipinski definition) is 2. The molecule has 0 saturated heterocycles. The number of carbonyl (C=O) groups is 2. The molecule has 1 aliphatic heterocycles. The zero-order chi connectivity index (χ0) is 27.8. The molecule has 3 aromatic carbocycles. The van der Waals surface area contributed by atoms with E-state index < -0.39 is 29.9 Å². The first-order valence-electron chi connectivity index (χ1n) is 12.1. The molecule has 1 N–H and O–H groups in total. The number of halogens is 5. The van der Waals surface area contributed by atoms with Crippen molar-refractivity contribution in [2.75, 3.05) is 11.9 Å². The van der Waals surface area contributed by atoms with E-state index in [2.05, 4.69) is 26.1 Å². The molecule has 0 radical (unpaired) electrons. The summed E-state index contributed by atoms with van der Waals surface area (Å²) in [5.74, 6) is -2.28. The van der Waals surface area contributed by atoms with E-state index in [4.69, 9.17) is 11.6 Å². The average Bonchev–Trinajstić information content (AvgIpc) is 2.85. The van der Waals surface area contributed by atoms with Crippen LogP contribution in [0.2, 0.25) is 5.02 Å². The Bertz CT molecular complexity index is 1380. The maximum absolute atomic E-state index is 14.4. The summed E-state index contributed by atoms with van der Waals surface area (Å²) in [6.45, 7) is 6.99. The minimum atomic E-state index is -4.86. The third kappa shape index (κ3) is 5.85. The number of fused-ring (bicyclic) bond motifs is 1. The van der Waals surface area contributed by atoms with Gasteiger partial charge in [0.25, 0.3) is 5.91 Å². The van der Waals surface area contributed by atoms with Crippen LogP contribution in [0.5, 0.6) is 0 Å². The monoisotopic (exact) mass is 546 g/mol. The minimum absolute atomic E-state index is 0.0291. The molecule has 0 spiro atoms. The number of nitrogens with zero attached hydrogens (tertiary/aromatic N) is 1. The molecular formula is C29H27ClF4N2O2. The van der Waals surface area contributed by atoms with E-state index in [1.165, 1.54) is 0 Å². The minimum Gasteiger partial charge on any atom is -0.334 e. The number of nitrogens with one attached hydrogen (secondary N) is 1. The van der Waals surface area contributed by atoms with Crippen LogP contribution in [-0.2, 0) is 35.8 Å². The first-order valence-corrected chi connectivity index (χ1v) is 12.5. The van der Waals surface area contributed by atoms with Gasteiger partial charge in [0.05, 0.1) is 22.7 Å². The largest absolute Gasteiger partial charge is 0.419 e. The van der Waals surface area contributed by atoms with Gasteiger partial charge in [-0.3, -0.25) is 9.59 Å². The quantitative estimate of drug-likeness (QED) is 0.353. The third-order valence-corrected chi connectivity index (χ3v) is 6.95. The molecule has 0 unspecified atom stereocenters. The molecule has 9 heteroatoms. The number of rotatable bonds is 4. The molecule has 0 aromatic heterocycles. The first-order chi connectivity index (χ1) is 17.8. The van der Waals surface area contributed by atoms with Crippen LogP contribution in [0.3, 0.4) is 0 Å². The number of carbonyl (C=O) groups excluding carboxylic acids is 2. The molecular weight excluding hydrogens is 520 g/mol. The van der Waals surface area contributed by atoms with Crippen molar-refractivity contribution in [3.8, 4) is 0 Å². The van der Waals surface area contributed by atoms with Crippen LogP contribution in [0.4, 0.5) is 23.2 Å². The Balaban J connectivity index is 1.50. The molecule has 4 nitrogen and oxygen atoms in total. The van der Waals surface area contributed by atoms with Crippen molar-refractivity contribution in [3.05, 3.63) is 98.8 Å². The fourth-order valence-corrected chi connectivity index (χ4v) is 4.75. The SMILES string of the molecule is CC(C)(C)c1ccc(C(=O)N2CCc3c(ccc(Cl)c3NC(=O)Cc3cccc(C(F)(F)F)c3F)C2)cc1. The van der Waals surface area contributed by atoms with Gasteiger partial charge in [-0.15, -0.1) is 0 Å². The summed E-state index contributed by atoms with van der Waals surface area (Å²) in [5, 5.41) is 2.90. The summed E-state index contributed by atoms with van der Waals surface area (Å²) in [6.07, 6.45) is -5.05. The Morgan fingerprint density at radius 3 is 2.32 bits per heavy atom. The van der Waals surface area contributed by atoms with Gasteiger partial charge in [-0.05, 0) is 58.4 Å². The highest BCUT2D eigenvalue weighted by molar-refractivity contribution is 6.34. The van der Waals surface area contributed by atoms with Crippen molar-refractivity contribution in [2.24, 2.45) is 0 Å². The predicted octanol–water partition coefficient (Wildman–Crippen LogP) is 7.18. The van der Waals surface area contributed by atoms with Crippen molar-refractivity contribution in [1.82, 2.24) is 4.90 Å². The van der Waals surface area contributed by atoms with Crippen molar-refractivity contribution >= 4 is 29.1 Å². The van der Waals surface area contributed by atoms with E-state index in [0.29, 0.717) is 36.8 Å². The lowest BCUT2D eigenvalue weighted by Crippen LogP contribution is -2.36. The van der Waals surface area contributed by atoms with E-state index >= 15 is 0 Å². The number of alkyl halides is 3. The molecule has 2 amide bonds. The third-order valence-electron chi connectivity index (χ3n) is 6.64. The molecule has 0 fully saturated rings. The Morgan fingerprint density at radius 2 is 1.68 bits per heavy atom. The van der Waals surface area contributed by atoms with Gasteiger partial charge < -0.3 is 10.2 Å². The molecule has 0 saturated carbocycles. The van der Waals surface area contributed by atoms with E-state index in [1.54, 1.807) is 17.0 Å². The lowest BCUT2D eigenvalue weighted by Gasteiger charge is -2.31. The average molecular weight is 547 g/mol. The number of anilines is 1. The standard InChI is InChI=1S/C29H27ClF4N2O2/c1-28(2,3)20-10-7-17(8-11-20)27(38)36-14-13-21-19(16-36)9-12-23(30)26(21)35-24(37)15-18-5-4-6-22(25(18)31)29(32,33)34/h4-12H,13-16H2,1-3H3,(H,35,37). The van der Waals surface area contributed by atoms with Gasteiger partial charge in [0.1, 0.15) is 5.82 Å². The lowest BCUT2D eigenvalue weighted by atomic mass is 9.86. The highest BCUT2D eigenvalue weighted by Gasteiger charge is 2.35. The Morgan fingerprint density at radius 1 is 1.00 bits per heavy atom. The van der Waals surface area contributed by atoms with Gasteiger partial charge in [0, 0.05) is 18.7 Å². The summed E-state index contributed by atoms with van der Waals surface area (Å²) in [4.78, 5) is 27.6. The van der Waals surface area contributed by atoms with Crippen molar-refractivity contribution in [1.29, 1.82) is 0 Å². The molecule has 0 aliphatic carbocycles. The Kier molecular flexibility index (Phi) is 7.57. The second-order valence-electron chi connectivity index (χ2n) is 10.4. The van der Waals surface area contributed by atoms with Crippen LogP contribution in [0.15, 0.2) is 54.6 Å². The van der Waals surface area contributed by atoms with E-state index in [1.807, 2.05) is 24.3 Å².